The third-order valence-corrected chi connectivity index (χ3v) is 2.14. The van der Waals surface area contributed by atoms with E-state index in [4.69, 9.17) is 0 Å². The van der Waals surface area contributed by atoms with Crippen molar-refractivity contribution in [1.82, 2.24) is 0 Å². The van der Waals surface area contributed by atoms with E-state index in [0.717, 1.165) is 23.1 Å². The first kappa shape index (κ1) is 11.6. The van der Waals surface area contributed by atoms with Crippen molar-refractivity contribution in [3.8, 4) is 11.8 Å². The standard InChI is InChI=1S/C14H18N/c1-4-12-15(2,3)13-8-11-14-9-6-5-7-10-14/h4-7,9-10H,1,12-13H2,2-3H3/q+1. The Morgan fingerprint density at radius 1 is 1.27 bits per heavy atom. The number of likely N-dealkylation sites (N-methyl/N-ethyl adjacent to an activating group) is 1. The van der Waals surface area contributed by atoms with Crippen LogP contribution in [0, 0.1) is 11.8 Å². The van der Waals surface area contributed by atoms with E-state index in [2.05, 4.69) is 32.5 Å². The minimum atomic E-state index is 0.848. The molecule has 1 heteroatoms. The Labute approximate surface area is 92.6 Å². The SMILES string of the molecule is C=CC[N+](C)(C)CC#Cc1ccccc1. The average molecular weight is 200 g/mol. The molecule has 0 spiro atoms. The third-order valence-electron chi connectivity index (χ3n) is 2.14. The Balaban J connectivity index is 2.57. The summed E-state index contributed by atoms with van der Waals surface area (Å²) in [6, 6.07) is 10.1. The summed E-state index contributed by atoms with van der Waals surface area (Å²) in [5, 5.41) is 0. The van der Waals surface area contributed by atoms with Crippen LogP contribution in [0.3, 0.4) is 0 Å². The monoisotopic (exact) mass is 200 g/mol. The Morgan fingerprint density at radius 3 is 2.53 bits per heavy atom. The van der Waals surface area contributed by atoms with E-state index in [-0.39, 0.29) is 0 Å². The zero-order valence-electron chi connectivity index (χ0n) is 9.53. The molecule has 0 aliphatic carbocycles. The molecule has 0 bridgehead atoms. The molecule has 1 aromatic carbocycles. The molecule has 0 saturated carbocycles. The van der Waals surface area contributed by atoms with Gasteiger partial charge in [-0.25, -0.2) is 0 Å². The van der Waals surface area contributed by atoms with Gasteiger partial charge in [0.2, 0.25) is 0 Å². The van der Waals surface area contributed by atoms with Crippen molar-refractivity contribution in [1.29, 1.82) is 0 Å². The summed E-state index contributed by atoms with van der Waals surface area (Å²) in [5.74, 6) is 6.36. The molecule has 0 aromatic heterocycles. The van der Waals surface area contributed by atoms with Gasteiger partial charge in [-0.15, -0.1) is 0 Å². The van der Waals surface area contributed by atoms with Crippen molar-refractivity contribution in [2.24, 2.45) is 0 Å². The van der Waals surface area contributed by atoms with E-state index in [9.17, 15) is 0 Å². The van der Waals surface area contributed by atoms with E-state index in [1.54, 1.807) is 0 Å². The molecular weight excluding hydrogens is 182 g/mol. The summed E-state index contributed by atoms with van der Waals surface area (Å²) in [6.45, 7) is 5.54. The maximum absolute atomic E-state index is 3.75. The molecule has 0 aliphatic rings. The van der Waals surface area contributed by atoms with Crippen LogP contribution >= 0.6 is 0 Å². The lowest BCUT2D eigenvalue weighted by Crippen LogP contribution is -2.39. The highest BCUT2D eigenvalue weighted by Gasteiger charge is 2.08. The fourth-order valence-electron chi connectivity index (χ4n) is 1.29. The van der Waals surface area contributed by atoms with Crippen molar-refractivity contribution in [2.75, 3.05) is 27.2 Å². The van der Waals surface area contributed by atoms with E-state index in [0.29, 0.717) is 0 Å². The molecule has 0 N–H and O–H groups in total. The van der Waals surface area contributed by atoms with Gasteiger partial charge in [-0.1, -0.05) is 30.7 Å². The maximum atomic E-state index is 3.75. The molecule has 0 amide bonds. The molecule has 0 radical (unpaired) electrons. The number of nitrogens with zero attached hydrogens (tertiary/aromatic N) is 1. The topological polar surface area (TPSA) is 0 Å². The van der Waals surface area contributed by atoms with Crippen LogP contribution in [-0.2, 0) is 0 Å². The second kappa shape index (κ2) is 5.38. The maximum Gasteiger partial charge on any atom is 0.141 e. The molecule has 78 valence electrons. The number of rotatable bonds is 3. The lowest BCUT2D eigenvalue weighted by Gasteiger charge is -2.25. The Bertz CT molecular complexity index is 365. The quantitative estimate of drug-likeness (QED) is 0.399. The molecule has 1 nitrogen and oxygen atoms in total. The van der Waals surface area contributed by atoms with Gasteiger partial charge in [-0.05, 0) is 24.1 Å². The molecule has 15 heavy (non-hydrogen) atoms. The van der Waals surface area contributed by atoms with E-state index in [1.165, 1.54) is 0 Å². The molecule has 0 unspecified atom stereocenters. The van der Waals surface area contributed by atoms with Crippen molar-refractivity contribution < 1.29 is 4.48 Å². The van der Waals surface area contributed by atoms with Gasteiger partial charge in [0.1, 0.15) is 6.54 Å². The lowest BCUT2D eigenvalue weighted by molar-refractivity contribution is -0.877. The van der Waals surface area contributed by atoms with Crippen LogP contribution in [0.15, 0.2) is 43.0 Å². The molecule has 0 heterocycles. The average Bonchev–Trinajstić information content (AvgIpc) is 2.19. The lowest BCUT2D eigenvalue weighted by atomic mass is 10.2. The number of benzene rings is 1. The van der Waals surface area contributed by atoms with Crippen LogP contribution in [0.4, 0.5) is 0 Å². The fourth-order valence-corrected chi connectivity index (χ4v) is 1.29. The van der Waals surface area contributed by atoms with Gasteiger partial charge in [0.25, 0.3) is 0 Å². The minimum absolute atomic E-state index is 0.848. The molecule has 0 fully saturated rings. The highest BCUT2D eigenvalue weighted by Crippen LogP contribution is 1.97. The van der Waals surface area contributed by atoms with Crippen LogP contribution in [-0.4, -0.2) is 31.7 Å². The normalized spacial score (nSPS) is 10.3. The highest BCUT2D eigenvalue weighted by molar-refractivity contribution is 5.33. The van der Waals surface area contributed by atoms with Gasteiger partial charge in [-0.3, -0.25) is 0 Å². The van der Waals surface area contributed by atoms with Gasteiger partial charge in [0, 0.05) is 5.56 Å². The van der Waals surface area contributed by atoms with Gasteiger partial charge in [0.05, 0.1) is 20.6 Å². The van der Waals surface area contributed by atoms with Crippen LogP contribution in [0.2, 0.25) is 0 Å². The third kappa shape index (κ3) is 4.49. The second-order valence-corrected chi connectivity index (χ2v) is 4.23. The Kier molecular flexibility index (Phi) is 4.15. The van der Waals surface area contributed by atoms with Crippen molar-refractivity contribution in [3.05, 3.63) is 48.6 Å². The Morgan fingerprint density at radius 2 is 1.93 bits per heavy atom. The van der Waals surface area contributed by atoms with Gasteiger partial charge in [-0.2, -0.15) is 0 Å². The molecule has 0 atom stereocenters. The second-order valence-electron chi connectivity index (χ2n) is 4.23. The highest BCUT2D eigenvalue weighted by atomic mass is 15.3. The smallest absolute Gasteiger partial charge is 0.141 e. The predicted molar refractivity (Wildman–Crippen MR) is 65.4 cm³/mol. The van der Waals surface area contributed by atoms with Gasteiger partial charge < -0.3 is 4.48 Å². The molecular formula is C14H18N+. The zero-order valence-corrected chi connectivity index (χ0v) is 9.53. The van der Waals surface area contributed by atoms with Crippen molar-refractivity contribution >= 4 is 0 Å². The largest absolute Gasteiger partial charge is 0.315 e. The number of hydrogen-bond acceptors (Lipinski definition) is 0. The summed E-state index contributed by atoms with van der Waals surface area (Å²) in [7, 11) is 4.31. The van der Waals surface area contributed by atoms with E-state index in [1.807, 2.05) is 36.4 Å². The number of hydrogen-bond donors (Lipinski definition) is 0. The minimum Gasteiger partial charge on any atom is -0.315 e. The summed E-state index contributed by atoms with van der Waals surface area (Å²) >= 11 is 0. The van der Waals surface area contributed by atoms with E-state index < -0.39 is 0 Å². The Hall–Kier alpha value is -1.52. The van der Waals surface area contributed by atoms with Crippen LogP contribution in [0.1, 0.15) is 5.56 Å². The fraction of sp³-hybridized carbons (Fsp3) is 0.286. The summed E-state index contributed by atoms with van der Waals surface area (Å²) < 4.78 is 0.864. The molecule has 1 rings (SSSR count). The molecule has 0 saturated heterocycles. The van der Waals surface area contributed by atoms with E-state index >= 15 is 0 Å². The molecule has 0 aliphatic heterocycles. The summed E-state index contributed by atoms with van der Waals surface area (Å²) in [5.41, 5.74) is 1.08. The van der Waals surface area contributed by atoms with Gasteiger partial charge >= 0.3 is 0 Å². The predicted octanol–water partition coefficient (Wildman–Crippen LogP) is 2.30. The van der Waals surface area contributed by atoms with Crippen LogP contribution < -0.4 is 0 Å². The van der Waals surface area contributed by atoms with Crippen LogP contribution in [0.5, 0.6) is 0 Å². The van der Waals surface area contributed by atoms with Crippen molar-refractivity contribution in [2.45, 2.75) is 0 Å². The summed E-state index contributed by atoms with van der Waals surface area (Å²) in [4.78, 5) is 0. The van der Waals surface area contributed by atoms with Crippen molar-refractivity contribution in [3.63, 3.8) is 0 Å². The number of quaternary nitrogens is 1. The van der Waals surface area contributed by atoms with Gasteiger partial charge in [0.15, 0.2) is 0 Å². The molecule has 1 aromatic rings. The first-order valence-corrected chi connectivity index (χ1v) is 5.11. The zero-order chi connectivity index (χ0) is 11.1. The summed E-state index contributed by atoms with van der Waals surface area (Å²) in [6.07, 6.45) is 1.93. The van der Waals surface area contributed by atoms with Crippen LogP contribution in [0.25, 0.3) is 0 Å². The first-order valence-electron chi connectivity index (χ1n) is 5.11. The first-order chi connectivity index (χ1) is 7.14.